The van der Waals surface area contributed by atoms with Gasteiger partial charge in [-0.15, -0.1) is 0 Å². The molecule has 3 aromatic heterocycles. The Morgan fingerprint density at radius 2 is 1.83 bits per heavy atom. The van der Waals surface area contributed by atoms with Gasteiger partial charge in [-0.05, 0) is 29.8 Å². The average molecular weight is 386 g/mol. The summed E-state index contributed by atoms with van der Waals surface area (Å²) in [6, 6.07) is 13.0. The van der Waals surface area contributed by atoms with Gasteiger partial charge in [0.25, 0.3) is 5.91 Å². The van der Waals surface area contributed by atoms with Gasteiger partial charge < -0.3 is 10.1 Å². The van der Waals surface area contributed by atoms with Crippen molar-refractivity contribution in [3.05, 3.63) is 84.6 Å². The van der Waals surface area contributed by atoms with Crippen LogP contribution in [0.3, 0.4) is 0 Å². The molecule has 0 radical (unpaired) electrons. The largest absolute Gasteiger partial charge is 0.496 e. The molecule has 8 nitrogen and oxygen atoms in total. The van der Waals surface area contributed by atoms with E-state index in [1.807, 2.05) is 36.4 Å². The molecular formula is C21H18N6O2. The van der Waals surface area contributed by atoms with Gasteiger partial charge >= 0.3 is 0 Å². The Morgan fingerprint density at radius 3 is 2.59 bits per heavy atom. The predicted molar refractivity (Wildman–Crippen MR) is 108 cm³/mol. The van der Waals surface area contributed by atoms with E-state index in [1.54, 1.807) is 36.4 Å². The number of para-hydroxylation sites is 1. The molecule has 0 aliphatic rings. The lowest BCUT2D eigenvalue weighted by Gasteiger charge is -2.07. The van der Waals surface area contributed by atoms with Gasteiger partial charge in [0.2, 0.25) is 0 Å². The highest BCUT2D eigenvalue weighted by Crippen LogP contribution is 2.26. The van der Waals surface area contributed by atoms with E-state index in [4.69, 9.17) is 4.74 Å². The second-order valence-corrected chi connectivity index (χ2v) is 6.20. The van der Waals surface area contributed by atoms with Crippen molar-refractivity contribution in [3.8, 4) is 17.1 Å². The monoisotopic (exact) mass is 386 g/mol. The molecular weight excluding hydrogens is 368 g/mol. The fraction of sp³-hybridized carbons (Fsp3) is 0.0952. The maximum atomic E-state index is 12.5. The Balaban J connectivity index is 1.44. The highest BCUT2D eigenvalue weighted by molar-refractivity contribution is 6.03. The molecule has 0 spiro atoms. The first-order valence-electron chi connectivity index (χ1n) is 8.92. The lowest BCUT2D eigenvalue weighted by molar-refractivity contribution is 0.102. The van der Waals surface area contributed by atoms with Crippen LogP contribution in [0.15, 0.2) is 73.4 Å². The molecule has 0 saturated carbocycles. The third kappa shape index (κ3) is 4.27. The van der Waals surface area contributed by atoms with Crippen molar-refractivity contribution in [1.29, 1.82) is 0 Å². The zero-order valence-corrected chi connectivity index (χ0v) is 15.7. The van der Waals surface area contributed by atoms with Crippen LogP contribution in [-0.2, 0) is 6.54 Å². The quantitative estimate of drug-likeness (QED) is 0.547. The second kappa shape index (κ2) is 8.30. The maximum absolute atomic E-state index is 12.5. The lowest BCUT2D eigenvalue weighted by atomic mass is 10.2. The number of hydrogen-bond acceptors (Lipinski definition) is 6. The minimum atomic E-state index is -0.328. The van der Waals surface area contributed by atoms with Gasteiger partial charge in [0, 0.05) is 37.1 Å². The third-order valence-electron chi connectivity index (χ3n) is 4.24. The van der Waals surface area contributed by atoms with Gasteiger partial charge in [-0.3, -0.25) is 14.5 Å². The standard InChI is InChI=1S/C21H18N6O2/c1-29-18-5-3-2-4-17(18)20-23-12-16(13-24-20)21(28)25-19-8-11-27(26-19)14-15-6-9-22-10-7-15/h2-13H,14H2,1H3,(H,25,26,28). The summed E-state index contributed by atoms with van der Waals surface area (Å²) in [5, 5.41) is 7.12. The van der Waals surface area contributed by atoms with Crippen molar-refractivity contribution >= 4 is 11.7 Å². The molecule has 1 amide bonds. The van der Waals surface area contributed by atoms with Crippen molar-refractivity contribution in [3.63, 3.8) is 0 Å². The van der Waals surface area contributed by atoms with Gasteiger partial charge in [0.1, 0.15) is 5.75 Å². The molecule has 0 saturated heterocycles. The maximum Gasteiger partial charge on any atom is 0.260 e. The smallest absolute Gasteiger partial charge is 0.260 e. The average Bonchev–Trinajstić information content (AvgIpc) is 3.21. The van der Waals surface area contributed by atoms with E-state index in [9.17, 15) is 4.79 Å². The number of benzene rings is 1. The van der Waals surface area contributed by atoms with E-state index in [2.05, 4.69) is 25.4 Å². The molecule has 29 heavy (non-hydrogen) atoms. The van der Waals surface area contributed by atoms with Crippen molar-refractivity contribution in [2.75, 3.05) is 12.4 Å². The molecule has 3 heterocycles. The number of methoxy groups -OCH3 is 1. The number of hydrogen-bond donors (Lipinski definition) is 1. The van der Waals surface area contributed by atoms with Crippen LogP contribution < -0.4 is 10.1 Å². The number of carbonyl (C=O) groups is 1. The zero-order chi connectivity index (χ0) is 20.1. The Labute approximate surface area is 167 Å². The van der Waals surface area contributed by atoms with Gasteiger partial charge in [-0.2, -0.15) is 5.10 Å². The molecule has 8 heteroatoms. The molecule has 0 aliphatic heterocycles. The van der Waals surface area contributed by atoms with Gasteiger partial charge in [-0.1, -0.05) is 12.1 Å². The zero-order valence-electron chi connectivity index (χ0n) is 15.7. The van der Waals surface area contributed by atoms with Crippen LogP contribution in [-0.4, -0.2) is 37.7 Å². The second-order valence-electron chi connectivity index (χ2n) is 6.20. The highest BCUT2D eigenvalue weighted by Gasteiger charge is 2.12. The molecule has 0 aliphatic carbocycles. The van der Waals surface area contributed by atoms with Gasteiger partial charge in [0.15, 0.2) is 11.6 Å². The summed E-state index contributed by atoms with van der Waals surface area (Å²) in [6.07, 6.45) is 8.24. The molecule has 144 valence electrons. The van der Waals surface area contributed by atoms with Crippen LogP contribution in [0, 0.1) is 0 Å². The third-order valence-corrected chi connectivity index (χ3v) is 4.24. The van der Waals surface area contributed by atoms with E-state index in [1.165, 1.54) is 12.4 Å². The van der Waals surface area contributed by atoms with E-state index >= 15 is 0 Å². The molecule has 4 rings (SSSR count). The van der Waals surface area contributed by atoms with Gasteiger partial charge in [-0.25, -0.2) is 9.97 Å². The number of carbonyl (C=O) groups excluding carboxylic acids is 1. The first-order chi connectivity index (χ1) is 14.2. The Kier molecular flexibility index (Phi) is 5.24. The predicted octanol–water partition coefficient (Wildman–Crippen LogP) is 3.04. The lowest BCUT2D eigenvalue weighted by Crippen LogP contribution is -2.13. The summed E-state index contributed by atoms with van der Waals surface area (Å²) < 4.78 is 7.07. The molecule has 4 aromatic rings. The minimum absolute atomic E-state index is 0.328. The summed E-state index contributed by atoms with van der Waals surface area (Å²) in [5.41, 5.74) is 2.17. The molecule has 1 aromatic carbocycles. The van der Waals surface area contributed by atoms with Crippen LogP contribution in [0.25, 0.3) is 11.4 Å². The van der Waals surface area contributed by atoms with E-state index in [-0.39, 0.29) is 5.91 Å². The number of pyridine rings is 1. The number of ether oxygens (including phenoxy) is 1. The topological polar surface area (TPSA) is 94.8 Å². The van der Waals surface area contributed by atoms with Crippen LogP contribution >= 0.6 is 0 Å². The minimum Gasteiger partial charge on any atom is -0.496 e. The summed E-state index contributed by atoms with van der Waals surface area (Å²) >= 11 is 0. The first kappa shape index (κ1) is 18.3. The van der Waals surface area contributed by atoms with E-state index in [0.717, 1.165) is 11.1 Å². The molecule has 1 N–H and O–H groups in total. The fourth-order valence-electron chi connectivity index (χ4n) is 2.79. The number of anilines is 1. The first-order valence-corrected chi connectivity index (χ1v) is 8.92. The number of rotatable bonds is 6. The molecule has 0 unspecified atom stereocenters. The summed E-state index contributed by atoms with van der Waals surface area (Å²) in [6.45, 7) is 0.592. The van der Waals surface area contributed by atoms with Crippen LogP contribution in [0.5, 0.6) is 5.75 Å². The van der Waals surface area contributed by atoms with Crippen LogP contribution in [0.1, 0.15) is 15.9 Å². The highest BCUT2D eigenvalue weighted by atomic mass is 16.5. The molecule has 0 atom stereocenters. The molecule has 0 fully saturated rings. The van der Waals surface area contributed by atoms with E-state index in [0.29, 0.717) is 29.5 Å². The number of nitrogens with one attached hydrogen (secondary N) is 1. The normalized spacial score (nSPS) is 10.5. The summed E-state index contributed by atoms with van der Waals surface area (Å²) in [7, 11) is 1.59. The van der Waals surface area contributed by atoms with Crippen LogP contribution in [0.4, 0.5) is 5.82 Å². The Hall–Kier alpha value is -4.07. The Morgan fingerprint density at radius 1 is 1.07 bits per heavy atom. The van der Waals surface area contributed by atoms with Crippen molar-refractivity contribution in [2.45, 2.75) is 6.54 Å². The number of amides is 1. The summed E-state index contributed by atoms with van der Waals surface area (Å²) in [4.78, 5) is 25.1. The number of aromatic nitrogens is 5. The van der Waals surface area contributed by atoms with Crippen molar-refractivity contribution in [2.24, 2.45) is 0 Å². The Bertz CT molecular complexity index is 1110. The van der Waals surface area contributed by atoms with E-state index < -0.39 is 0 Å². The van der Waals surface area contributed by atoms with Crippen molar-refractivity contribution in [1.82, 2.24) is 24.7 Å². The molecule has 0 bridgehead atoms. The summed E-state index contributed by atoms with van der Waals surface area (Å²) in [5.74, 6) is 1.29. The van der Waals surface area contributed by atoms with Crippen molar-refractivity contribution < 1.29 is 9.53 Å². The van der Waals surface area contributed by atoms with Gasteiger partial charge in [0.05, 0.1) is 24.8 Å². The fourth-order valence-corrected chi connectivity index (χ4v) is 2.79. The SMILES string of the molecule is COc1ccccc1-c1ncc(C(=O)Nc2ccn(Cc3ccncc3)n2)cn1. The number of nitrogens with zero attached hydrogens (tertiary/aromatic N) is 5. The van der Waals surface area contributed by atoms with Crippen LogP contribution in [0.2, 0.25) is 0 Å².